The second kappa shape index (κ2) is 15.7. The van der Waals surface area contributed by atoms with Gasteiger partial charge in [-0.1, -0.05) is 149 Å². The second-order valence-electron chi connectivity index (χ2n) is 19.9. The van der Waals surface area contributed by atoms with Gasteiger partial charge in [0.05, 0.1) is 17.1 Å². The van der Waals surface area contributed by atoms with Crippen LogP contribution in [-0.4, -0.2) is 14.1 Å². The molecule has 0 fully saturated rings. The van der Waals surface area contributed by atoms with Crippen molar-refractivity contribution in [3.05, 3.63) is 162 Å². The topological polar surface area (TPSA) is 35.9 Å². The van der Waals surface area contributed by atoms with E-state index in [1.54, 1.807) is 0 Å². The average Bonchev–Trinajstić information content (AvgIpc) is 3.76. The van der Waals surface area contributed by atoms with Crippen LogP contribution in [0.1, 0.15) is 106 Å². The van der Waals surface area contributed by atoms with Gasteiger partial charge >= 0.3 is 0 Å². The fourth-order valence-corrected chi connectivity index (χ4v) is 8.06. The van der Waals surface area contributed by atoms with E-state index in [4.69, 9.17) is 9.72 Å². The molecule has 3 heterocycles. The van der Waals surface area contributed by atoms with Crippen molar-refractivity contribution in [1.82, 2.24) is 14.1 Å². The van der Waals surface area contributed by atoms with E-state index in [9.17, 15) is 0 Å². The van der Waals surface area contributed by atoms with Crippen LogP contribution in [0.2, 0.25) is 0 Å². The van der Waals surface area contributed by atoms with Crippen LogP contribution < -0.4 is 9.30 Å². The summed E-state index contributed by atoms with van der Waals surface area (Å²) in [7, 11) is 0. The van der Waals surface area contributed by atoms with Gasteiger partial charge in [-0.2, -0.15) is 12.1 Å². The summed E-state index contributed by atoms with van der Waals surface area (Å²) >= 11 is 0. The Morgan fingerprint density at radius 2 is 1.23 bits per heavy atom. The van der Waals surface area contributed by atoms with Crippen molar-refractivity contribution in [3.63, 3.8) is 0 Å². The van der Waals surface area contributed by atoms with Gasteiger partial charge in [0, 0.05) is 44.3 Å². The number of nitrogens with zero attached hydrogens (tertiary/aromatic N) is 4. The number of hydrogen-bond donors (Lipinski definition) is 0. The zero-order chi connectivity index (χ0) is 42.1. The van der Waals surface area contributed by atoms with Gasteiger partial charge in [-0.25, -0.2) is 4.98 Å². The zero-order valence-corrected chi connectivity index (χ0v) is 39.3. The maximum atomic E-state index is 6.86. The van der Waals surface area contributed by atoms with Gasteiger partial charge in [-0.05, 0) is 79.8 Å². The Balaban J connectivity index is 0.00000544. The van der Waals surface area contributed by atoms with Crippen molar-refractivity contribution < 1.29 is 30.4 Å². The molecule has 0 aliphatic carbocycles. The first kappa shape index (κ1) is 42.9. The minimum atomic E-state index is -0.238. The van der Waals surface area contributed by atoms with Gasteiger partial charge < -0.3 is 13.9 Å². The quantitative estimate of drug-likeness (QED) is 0.123. The molecule has 8 rings (SSSR count). The smallest absolute Gasteiger partial charge is 0.267 e. The second-order valence-corrected chi connectivity index (χ2v) is 19.9. The number of benzene rings is 5. The van der Waals surface area contributed by atoms with Crippen molar-refractivity contribution in [3.8, 4) is 39.8 Å². The Bertz CT molecular complexity index is 2820. The molecule has 8 aromatic rings. The molecule has 0 aliphatic heterocycles. The predicted molar refractivity (Wildman–Crippen MR) is 243 cm³/mol. The van der Waals surface area contributed by atoms with Crippen LogP contribution >= 0.6 is 0 Å². The first-order valence-corrected chi connectivity index (χ1v) is 20.7. The summed E-state index contributed by atoms with van der Waals surface area (Å²) in [5, 5.41) is 2.23. The van der Waals surface area contributed by atoms with Crippen LogP contribution in [0.5, 0.6) is 11.5 Å². The summed E-state index contributed by atoms with van der Waals surface area (Å²) in [5.74, 6) is 2.04. The van der Waals surface area contributed by atoms with E-state index in [-0.39, 0.29) is 42.7 Å². The number of fused-ring (bicyclic) bond motifs is 3. The Kier molecular flexibility index (Phi) is 11.2. The van der Waals surface area contributed by atoms with E-state index in [0.717, 1.165) is 50.1 Å². The summed E-state index contributed by atoms with van der Waals surface area (Å²) < 4.78 is 13.5. The predicted octanol–water partition coefficient (Wildman–Crippen LogP) is 13.3. The van der Waals surface area contributed by atoms with Crippen LogP contribution in [-0.2, 0) is 42.7 Å². The van der Waals surface area contributed by atoms with Crippen molar-refractivity contribution in [2.45, 2.75) is 105 Å². The summed E-state index contributed by atoms with van der Waals surface area (Å²) in [6.45, 7) is 27.2. The number of aromatic nitrogens is 4. The third kappa shape index (κ3) is 8.26. The molecule has 0 bridgehead atoms. The van der Waals surface area contributed by atoms with E-state index in [0.29, 0.717) is 11.5 Å². The molecule has 5 aromatic carbocycles. The number of imidazole rings is 1. The van der Waals surface area contributed by atoms with Crippen molar-refractivity contribution >= 4 is 21.8 Å². The minimum absolute atomic E-state index is 0. The van der Waals surface area contributed by atoms with E-state index >= 15 is 0 Å². The first-order valence-electron chi connectivity index (χ1n) is 20.7. The number of ether oxygens (including phenoxy) is 1. The summed E-state index contributed by atoms with van der Waals surface area (Å²) in [4.78, 5) is 4.88. The molecule has 5 nitrogen and oxygen atoms in total. The van der Waals surface area contributed by atoms with E-state index in [2.05, 4.69) is 218 Å². The molecular weight excluding hydrogens is 916 g/mol. The Morgan fingerprint density at radius 3 is 1.88 bits per heavy atom. The monoisotopic (exact) mass is 971 g/mol. The van der Waals surface area contributed by atoms with E-state index in [1.165, 1.54) is 22.5 Å². The summed E-state index contributed by atoms with van der Waals surface area (Å²) in [6.07, 6.45) is 5.74. The molecule has 0 unspecified atom stereocenters. The third-order valence-electron chi connectivity index (χ3n) is 11.1. The molecule has 0 saturated heterocycles. The standard InChI is InChI=1S/C54H56N4O.Pt/c1-51(2,3)38-22-24-40(25-23-38)56-35-57(50(54(10,11)12)49(56)53(7,8)9)41-30-37(36-18-14-13-15-19-36)31-43(33-41)59-42-26-27-45-44-20-16-17-21-46(44)58(47(45)34-42)48-32-39(28-29-55-48)52(4,5)6;/h13-32H,1-12H3;/q-2;. The number of hydrogen-bond acceptors (Lipinski definition) is 2. The molecule has 6 heteroatoms. The molecule has 0 amide bonds. The summed E-state index contributed by atoms with van der Waals surface area (Å²) in [6, 6.07) is 48.0. The molecule has 0 N–H and O–H groups in total. The number of pyridine rings is 1. The average molecular weight is 972 g/mol. The Morgan fingerprint density at radius 1 is 0.567 bits per heavy atom. The van der Waals surface area contributed by atoms with Crippen LogP contribution in [0.3, 0.4) is 0 Å². The molecule has 0 aliphatic rings. The van der Waals surface area contributed by atoms with Gasteiger partial charge in [0.1, 0.15) is 5.82 Å². The number of rotatable bonds is 6. The van der Waals surface area contributed by atoms with Gasteiger partial charge in [0.2, 0.25) is 0 Å². The minimum Gasteiger partial charge on any atom is -0.510 e. The maximum absolute atomic E-state index is 6.86. The Hall–Kier alpha value is -5.25. The molecule has 60 heavy (non-hydrogen) atoms. The maximum Gasteiger partial charge on any atom is 0.267 e. The molecule has 0 saturated carbocycles. The fourth-order valence-electron chi connectivity index (χ4n) is 8.06. The first-order chi connectivity index (χ1) is 27.8. The van der Waals surface area contributed by atoms with Gasteiger partial charge in [0.25, 0.3) is 6.33 Å². The SMILES string of the molecule is CC(C)(C)c1ccc(-[n+]2[c-]n(-c3[c-]c(Oc4[c-]c5c(cc4)c4ccccc4n5-c4cc(C(C)(C)C)ccn4)cc(-c4ccccc4)c3)c(C(C)(C)C)c2C(C)(C)C)cc1.[Pt]. The molecule has 310 valence electrons. The van der Waals surface area contributed by atoms with Gasteiger partial charge in [-0.3, -0.25) is 4.57 Å². The van der Waals surface area contributed by atoms with Gasteiger partial charge in [0.15, 0.2) is 0 Å². The van der Waals surface area contributed by atoms with E-state index in [1.807, 2.05) is 18.3 Å². The van der Waals surface area contributed by atoms with Crippen LogP contribution in [0.4, 0.5) is 0 Å². The molecule has 0 radical (unpaired) electrons. The third-order valence-corrected chi connectivity index (χ3v) is 11.1. The molecule has 0 atom stereocenters. The van der Waals surface area contributed by atoms with Crippen LogP contribution in [0.25, 0.3) is 50.1 Å². The zero-order valence-electron chi connectivity index (χ0n) is 37.1. The van der Waals surface area contributed by atoms with Gasteiger partial charge in [-0.15, -0.1) is 35.2 Å². The Labute approximate surface area is 371 Å². The van der Waals surface area contributed by atoms with E-state index < -0.39 is 0 Å². The van der Waals surface area contributed by atoms with Crippen LogP contribution in [0.15, 0.2) is 121 Å². The van der Waals surface area contributed by atoms with Crippen LogP contribution in [0, 0.1) is 18.5 Å². The summed E-state index contributed by atoms with van der Waals surface area (Å²) in [5.41, 5.74) is 10.5. The number of para-hydroxylation sites is 1. The van der Waals surface area contributed by atoms with Crippen molar-refractivity contribution in [2.24, 2.45) is 0 Å². The fraction of sp³-hybridized carbons (Fsp3) is 0.296. The normalized spacial score (nSPS) is 12.5. The molecular formula is C54H56N4OPt-2. The molecule has 0 spiro atoms. The van der Waals surface area contributed by atoms with Crippen molar-refractivity contribution in [2.75, 3.05) is 0 Å². The molecule has 3 aromatic heterocycles. The largest absolute Gasteiger partial charge is 0.510 e. The van der Waals surface area contributed by atoms with Crippen molar-refractivity contribution in [1.29, 1.82) is 0 Å².